The van der Waals surface area contributed by atoms with Gasteiger partial charge in [-0.1, -0.05) is 12.1 Å². The van der Waals surface area contributed by atoms with Crippen molar-refractivity contribution in [2.24, 2.45) is 5.10 Å². The molecular formula is C13H10F2N2O. The van der Waals surface area contributed by atoms with Gasteiger partial charge < -0.3 is 5.11 Å². The smallest absolute Gasteiger partial charge is 0.151 e. The molecule has 0 amide bonds. The van der Waals surface area contributed by atoms with Gasteiger partial charge in [-0.3, -0.25) is 5.43 Å². The summed E-state index contributed by atoms with van der Waals surface area (Å²) in [6, 6.07) is 9.59. The van der Waals surface area contributed by atoms with Crippen LogP contribution in [0.25, 0.3) is 0 Å². The van der Waals surface area contributed by atoms with Gasteiger partial charge in [-0.15, -0.1) is 0 Å². The number of phenols is 1. The minimum absolute atomic E-state index is 0.0767. The lowest BCUT2D eigenvalue weighted by molar-refractivity contribution is 0.475. The molecule has 0 unspecified atom stereocenters. The van der Waals surface area contributed by atoms with E-state index in [1.807, 2.05) is 0 Å². The van der Waals surface area contributed by atoms with Crippen LogP contribution in [0.15, 0.2) is 47.6 Å². The third-order valence-electron chi connectivity index (χ3n) is 2.20. The van der Waals surface area contributed by atoms with Gasteiger partial charge in [0.1, 0.15) is 11.6 Å². The zero-order valence-corrected chi connectivity index (χ0v) is 9.27. The fourth-order valence-electron chi connectivity index (χ4n) is 1.36. The highest BCUT2D eigenvalue weighted by Gasteiger charge is 2.01. The predicted octanol–water partition coefficient (Wildman–Crippen LogP) is 3.12. The second-order valence-electron chi connectivity index (χ2n) is 3.59. The molecule has 2 aromatic carbocycles. The van der Waals surface area contributed by atoms with Gasteiger partial charge in [0.05, 0.1) is 11.9 Å². The Balaban J connectivity index is 2.07. The van der Waals surface area contributed by atoms with Gasteiger partial charge in [0, 0.05) is 6.07 Å². The van der Waals surface area contributed by atoms with E-state index in [4.69, 9.17) is 0 Å². The van der Waals surface area contributed by atoms with E-state index < -0.39 is 11.6 Å². The van der Waals surface area contributed by atoms with E-state index in [1.54, 1.807) is 12.1 Å². The van der Waals surface area contributed by atoms with Gasteiger partial charge in [0.15, 0.2) is 5.82 Å². The molecule has 0 aliphatic heterocycles. The highest BCUT2D eigenvalue weighted by molar-refractivity contribution is 5.80. The van der Waals surface area contributed by atoms with Crippen LogP contribution in [0.4, 0.5) is 14.5 Å². The average Bonchev–Trinajstić information content (AvgIpc) is 2.32. The largest absolute Gasteiger partial charge is 0.508 e. The average molecular weight is 248 g/mol. The molecule has 2 rings (SSSR count). The number of rotatable bonds is 3. The Labute approximate surface area is 102 Å². The summed E-state index contributed by atoms with van der Waals surface area (Å²) in [4.78, 5) is 0. The molecule has 0 aromatic heterocycles. The summed E-state index contributed by atoms with van der Waals surface area (Å²) < 4.78 is 25.9. The summed E-state index contributed by atoms with van der Waals surface area (Å²) in [6.07, 6.45) is 1.42. The molecule has 5 heteroatoms. The minimum atomic E-state index is -0.719. The number of halogens is 2. The lowest BCUT2D eigenvalue weighted by Gasteiger charge is -2.01. The molecule has 0 aliphatic rings. The number of nitrogens with zero attached hydrogens (tertiary/aromatic N) is 1. The molecule has 0 bridgehead atoms. The molecule has 0 aliphatic carbocycles. The van der Waals surface area contributed by atoms with Crippen LogP contribution in [0.1, 0.15) is 5.56 Å². The van der Waals surface area contributed by atoms with E-state index >= 15 is 0 Å². The van der Waals surface area contributed by atoms with E-state index in [2.05, 4.69) is 10.5 Å². The van der Waals surface area contributed by atoms with E-state index in [0.717, 1.165) is 12.1 Å². The first kappa shape index (κ1) is 12.0. The molecule has 0 saturated heterocycles. The van der Waals surface area contributed by atoms with Crippen molar-refractivity contribution >= 4 is 11.9 Å². The van der Waals surface area contributed by atoms with E-state index in [1.165, 1.54) is 24.4 Å². The molecule has 0 heterocycles. The van der Waals surface area contributed by atoms with Crippen LogP contribution in [0.5, 0.6) is 5.75 Å². The Bertz CT molecular complexity index is 585. The molecule has 0 atom stereocenters. The number of benzene rings is 2. The van der Waals surface area contributed by atoms with Crippen LogP contribution < -0.4 is 5.43 Å². The van der Waals surface area contributed by atoms with Crippen LogP contribution >= 0.6 is 0 Å². The van der Waals surface area contributed by atoms with Crippen LogP contribution in [-0.4, -0.2) is 11.3 Å². The maximum atomic E-state index is 13.2. The van der Waals surface area contributed by atoms with Crippen molar-refractivity contribution in [3.05, 3.63) is 59.7 Å². The number of hydrogen-bond donors (Lipinski definition) is 2. The first-order valence-electron chi connectivity index (χ1n) is 5.18. The molecular weight excluding hydrogens is 238 g/mol. The van der Waals surface area contributed by atoms with Gasteiger partial charge in [0.2, 0.25) is 0 Å². The third kappa shape index (κ3) is 3.04. The molecule has 2 N–H and O–H groups in total. The van der Waals surface area contributed by atoms with Crippen LogP contribution in [0.3, 0.4) is 0 Å². The molecule has 0 radical (unpaired) electrons. The number of hydrazone groups is 1. The maximum Gasteiger partial charge on any atom is 0.151 e. The highest BCUT2D eigenvalue weighted by atomic mass is 19.1. The standard InChI is InChI=1S/C13H10F2N2O/c14-10-4-5-13(12(15)7-10)17-16-8-9-2-1-3-11(18)6-9/h1-8,17-18H. The monoisotopic (exact) mass is 248 g/mol. The molecule has 0 fully saturated rings. The Morgan fingerprint density at radius 1 is 1.11 bits per heavy atom. The summed E-state index contributed by atoms with van der Waals surface area (Å²) in [5.74, 6) is -1.25. The Morgan fingerprint density at radius 2 is 1.94 bits per heavy atom. The first-order valence-corrected chi connectivity index (χ1v) is 5.18. The van der Waals surface area contributed by atoms with Crippen molar-refractivity contribution in [2.75, 3.05) is 5.43 Å². The normalized spacial score (nSPS) is 10.8. The summed E-state index contributed by atoms with van der Waals surface area (Å²) in [6.45, 7) is 0. The number of phenolic OH excluding ortho intramolecular Hbond substituents is 1. The van der Waals surface area contributed by atoms with E-state index in [-0.39, 0.29) is 11.4 Å². The van der Waals surface area contributed by atoms with Gasteiger partial charge in [-0.25, -0.2) is 8.78 Å². The molecule has 18 heavy (non-hydrogen) atoms. The summed E-state index contributed by atoms with van der Waals surface area (Å²) >= 11 is 0. The second kappa shape index (κ2) is 5.27. The van der Waals surface area contributed by atoms with Gasteiger partial charge in [-0.2, -0.15) is 5.10 Å². The molecule has 92 valence electrons. The number of anilines is 1. The predicted molar refractivity (Wildman–Crippen MR) is 65.7 cm³/mol. The first-order chi connectivity index (χ1) is 8.65. The maximum absolute atomic E-state index is 13.2. The number of nitrogens with one attached hydrogen (secondary N) is 1. The Kier molecular flexibility index (Phi) is 3.52. The number of aromatic hydroxyl groups is 1. The molecule has 2 aromatic rings. The minimum Gasteiger partial charge on any atom is -0.508 e. The van der Waals surface area contributed by atoms with E-state index in [0.29, 0.717) is 5.56 Å². The zero-order chi connectivity index (χ0) is 13.0. The topological polar surface area (TPSA) is 44.6 Å². The lowest BCUT2D eigenvalue weighted by Crippen LogP contribution is -1.94. The summed E-state index contributed by atoms with van der Waals surface area (Å²) in [5.41, 5.74) is 3.19. The van der Waals surface area contributed by atoms with Crippen molar-refractivity contribution in [1.82, 2.24) is 0 Å². The van der Waals surface area contributed by atoms with Crippen molar-refractivity contribution in [3.63, 3.8) is 0 Å². The highest BCUT2D eigenvalue weighted by Crippen LogP contribution is 2.15. The Morgan fingerprint density at radius 3 is 2.67 bits per heavy atom. The van der Waals surface area contributed by atoms with Crippen LogP contribution in [-0.2, 0) is 0 Å². The van der Waals surface area contributed by atoms with Crippen LogP contribution in [0.2, 0.25) is 0 Å². The van der Waals surface area contributed by atoms with Crippen molar-refractivity contribution in [1.29, 1.82) is 0 Å². The quantitative estimate of drug-likeness (QED) is 0.647. The van der Waals surface area contributed by atoms with Crippen molar-refractivity contribution in [3.8, 4) is 5.75 Å². The van der Waals surface area contributed by atoms with Gasteiger partial charge >= 0.3 is 0 Å². The third-order valence-corrected chi connectivity index (χ3v) is 2.20. The molecule has 0 saturated carbocycles. The fraction of sp³-hybridized carbons (Fsp3) is 0. The molecule has 0 spiro atoms. The fourth-order valence-corrected chi connectivity index (χ4v) is 1.36. The summed E-state index contributed by atoms with van der Waals surface area (Å²) in [5, 5.41) is 13.0. The SMILES string of the molecule is Oc1cccc(C=NNc2ccc(F)cc2F)c1. The van der Waals surface area contributed by atoms with Crippen LogP contribution in [0, 0.1) is 11.6 Å². The van der Waals surface area contributed by atoms with E-state index in [9.17, 15) is 13.9 Å². The lowest BCUT2D eigenvalue weighted by atomic mass is 10.2. The zero-order valence-electron chi connectivity index (χ0n) is 9.27. The van der Waals surface area contributed by atoms with Gasteiger partial charge in [0.25, 0.3) is 0 Å². The van der Waals surface area contributed by atoms with Crippen molar-refractivity contribution in [2.45, 2.75) is 0 Å². The molecule has 3 nitrogen and oxygen atoms in total. The second-order valence-corrected chi connectivity index (χ2v) is 3.59. The van der Waals surface area contributed by atoms with Crippen molar-refractivity contribution < 1.29 is 13.9 Å². The summed E-state index contributed by atoms with van der Waals surface area (Å²) in [7, 11) is 0. The Hall–Kier alpha value is -2.43. The van der Waals surface area contributed by atoms with Gasteiger partial charge in [-0.05, 0) is 29.8 Å². The number of hydrogen-bond acceptors (Lipinski definition) is 3.